The summed E-state index contributed by atoms with van der Waals surface area (Å²) in [6.07, 6.45) is 7.57. The molecule has 0 aromatic carbocycles. The van der Waals surface area contributed by atoms with Gasteiger partial charge in [0.2, 0.25) is 0 Å². The first-order chi connectivity index (χ1) is 8.84. The second-order valence-electron chi connectivity index (χ2n) is 4.64. The average Bonchev–Trinajstić information content (AvgIpc) is 2.84. The Bertz CT molecular complexity index is 566. The maximum absolute atomic E-state index is 12.3. The zero-order valence-electron chi connectivity index (χ0n) is 10.0. The van der Waals surface area contributed by atoms with Crippen LogP contribution < -0.4 is 0 Å². The van der Waals surface area contributed by atoms with Crippen LogP contribution in [-0.2, 0) is 17.6 Å². The number of pyridine rings is 2. The third-order valence-corrected chi connectivity index (χ3v) is 3.47. The Hall–Kier alpha value is -2.03. The van der Waals surface area contributed by atoms with E-state index < -0.39 is 0 Å². The Balaban J connectivity index is 1.79. The highest BCUT2D eigenvalue weighted by molar-refractivity contribution is 5.88. The Morgan fingerprint density at radius 1 is 1.22 bits per heavy atom. The topological polar surface area (TPSA) is 42.9 Å². The van der Waals surface area contributed by atoms with Gasteiger partial charge in [-0.3, -0.25) is 14.8 Å². The molecule has 1 atom stereocenters. The molecular formula is C15H14N2O. The molecule has 1 unspecified atom stereocenters. The normalized spacial score (nSPS) is 17.4. The molecule has 0 N–H and O–H groups in total. The van der Waals surface area contributed by atoms with E-state index in [0.717, 1.165) is 24.1 Å². The fraction of sp³-hybridized carbons (Fsp3) is 0.267. The molecule has 2 aromatic heterocycles. The summed E-state index contributed by atoms with van der Waals surface area (Å²) >= 11 is 0. The summed E-state index contributed by atoms with van der Waals surface area (Å²) in [5, 5.41) is 0. The lowest BCUT2D eigenvalue weighted by molar-refractivity contribution is -0.119. The highest BCUT2D eigenvalue weighted by atomic mass is 16.1. The van der Waals surface area contributed by atoms with Crippen LogP contribution >= 0.6 is 0 Å². The molecular weight excluding hydrogens is 224 g/mol. The summed E-state index contributed by atoms with van der Waals surface area (Å²) in [7, 11) is 0. The average molecular weight is 238 g/mol. The lowest BCUT2D eigenvalue weighted by Crippen LogP contribution is -2.13. The molecule has 3 heteroatoms. The zero-order valence-corrected chi connectivity index (χ0v) is 10.0. The molecule has 0 radical (unpaired) electrons. The van der Waals surface area contributed by atoms with Crippen LogP contribution in [0.25, 0.3) is 0 Å². The number of carbonyl (C=O) groups excluding carboxylic acids is 1. The van der Waals surface area contributed by atoms with Crippen LogP contribution in [0.5, 0.6) is 0 Å². The molecule has 0 saturated carbocycles. The molecule has 0 aliphatic heterocycles. The predicted octanol–water partition coefficient (Wildman–Crippen LogP) is 2.32. The van der Waals surface area contributed by atoms with Gasteiger partial charge >= 0.3 is 0 Å². The van der Waals surface area contributed by atoms with E-state index in [1.165, 1.54) is 5.56 Å². The van der Waals surface area contributed by atoms with Crippen molar-refractivity contribution in [1.29, 1.82) is 0 Å². The first kappa shape index (κ1) is 11.1. The number of fused-ring (bicyclic) bond motifs is 1. The van der Waals surface area contributed by atoms with Crippen LogP contribution in [0.1, 0.15) is 29.2 Å². The number of aromatic nitrogens is 2. The first-order valence-electron chi connectivity index (χ1n) is 6.20. The molecule has 0 saturated heterocycles. The second-order valence-corrected chi connectivity index (χ2v) is 4.64. The molecule has 3 rings (SSSR count). The number of ketones is 1. The van der Waals surface area contributed by atoms with Gasteiger partial charge in [0.1, 0.15) is 5.78 Å². The van der Waals surface area contributed by atoms with E-state index in [1.54, 1.807) is 18.6 Å². The van der Waals surface area contributed by atoms with Crippen molar-refractivity contribution >= 4 is 5.78 Å². The van der Waals surface area contributed by atoms with Gasteiger partial charge in [-0.25, -0.2) is 0 Å². The highest BCUT2D eigenvalue weighted by Gasteiger charge is 2.29. The van der Waals surface area contributed by atoms with Gasteiger partial charge < -0.3 is 0 Å². The SMILES string of the molecule is O=C(Cc1ccncc1)C1CCc2cccnc21. The quantitative estimate of drug-likeness (QED) is 0.824. The minimum Gasteiger partial charge on any atom is -0.299 e. The summed E-state index contributed by atoms with van der Waals surface area (Å²) in [6, 6.07) is 7.80. The van der Waals surface area contributed by atoms with Gasteiger partial charge in [-0.1, -0.05) is 6.07 Å². The van der Waals surface area contributed by atoms with E-state index in [2.05, 4.69) is 16.0 Å². The van der Waals surface area contributed by atoms with Crippen LogP contribution in [0.15, 0.2) is 42.9 Å². The van der Waals surface area contributed by atoms with Gasteiger partial charge in [-0.15, -0.1) is 0 Å². The lowest BCUT2D eigenvalue weighted by Gasteiger charge is -2.09. The van der Waals surface area contributed by atoms with Gasteiger partial charge in [-0.05, 0) is 42.2 Å². The summed E-state index contributed by atoms with van der Waals surface area (Å²) in [6.45, 7) is 0. The maximum Gasteiger partial charge on any atom is 0.146 e. The van der Waals surface area contributed by atoms with Gasteiger partial charge in [0.05, 0.1) is 11.6 Å². The van der Waals surface area contributed by atoms with Crippen LogP contribution in [0.2, 0.25) is 0 Å². The molecule has 2 aromatic rings. The van der Waals surface area contributed by atoms with Gasteiger partial charge in [0.15, 0.2) is 0 Å². The molecule has 18 heavy (non-hydrogen) atoms. The Labute approximate surface area is 106 Å². The van der Waals surface area contributed by atoms with Crippen LogP contribution in [0.3, 0.4) is 0 Å². The molecule has 90 valence electrons. The highest BCUT2D eigenvalue weighted by Crippen LogP contribution is 2.32. The van der Waals surface area contributed by atoms with E-state index in [4.69, 9.17) is 0 Å². The van der Waals surface area contributed by atoms with Crippen LogP contribution in [-0.4, -0.2) is 15.8 Å². The summed E-state index contributed by atoms with van der Waals surface area (Å²) in [5.41, 5.74) is 3.24. The van der Waals surface area contributed by atoms with E-state index in [9.17, 15) is 4.79 Å². The smallest absolute Gasteiger partial charge is 0.146 e. The number of nitrogens with zero attached hydrogens (tertiary/aromatic N) is 2. The van der Waals surface area contributed by atoms with Crippen molar-refractivity contribution in [3.05, 3.63) is 59.7 Å². The summed E-state index contributed by atoms with van der Waals surface area (Å²) < 4.78 is 0. The molecule has 3 nitrogen and oxygen atoms in total. The third-order valence-electron chi connectivity index (χ3n) is 3.47. The van der Waals surface area contributed by atoms with Crippen molar-refractivity contribution in [2.75, 3.05) is 0 Å². The van der Waals surface area contributed by atoms with Gasteiger partial charge in [0.25, 0.3) is 0 Å². The lowest BCUT2D eigenvalue weighted by atomic mass is 9.96. The molecule has 0 bridgehead atoms. The summed E-state index contributed by atoms with van der Waals surface area (Å²) in [4.78, 5) is 20.6. The first-order valence-corrected chi connectivity index (χ1v) is 6.20. The van der Waals surface area contributed by atoms with E-state index in [0.29, 0.717) is 6.42 Å². The van der Waals surface area contributed by atoms with E-state index in [1.807, 2.05) is 18.2 Å². The molecule has 1 aliphatic rings. The van der Waals surface area contributed by atoms with Gasteiger partial charge in [0, 0.05) is 25.0 Å². The van der Waals surface area contributed by atoms with Crippen molar-refractivity contribution in [2.45, 2.75) is 25.2 Å². The minimum atomic E-state index is -0.0191. The van der Waals surface area contributed by atoms with Crippen molar-refractivity contribution in [3.8, 4) is 0 Å². The number of rotatable bonds is 3. The molecule has 0 fully saturated rings. The maximum atomic E-state index is 12.3. The molecule has 2 heterocycles. The standard InChI is InChI=1S/C15H14N2O/c18-14(10-11-5-8-16-9-6-11)13-4-3-12-2-1-7-17-15(12)13/h1-2,5-9,13H,3-4,10H2. The zero-order chi connectivity index (χ0) is 12.4. The minimum absolute atomic E-state index is 0.0191. The van der Waals surface area contributed by atoms with E-state index in [-0.39, 0.29) is 11.7 Å². The Morgan fingerprint density at radius 2 is 2.06 bits per heavy atom. The van der Waals surface area contributed by atoms with Crippen molar-refractivity contribution in [3.63, 3.8) is 0 Å². The second kappa shape index (κ2) is 4.69. The van der Waals surface area contributed by atoms with E-state index >= 15 is 0 Å². The van der Waals surface area contributed by atoms with Crippen LogP contribution in [0.4, 0.5) is 0 Å². The fourth-order valence-corrected chi connectivity index (χ4v) is 2.55. The number of hydrogen-bond donors (Lipinski definition) is 0. The van der Waals surface area contributed by atoms with Crippen molar-refractivity contribution in [2.24, 2.45) is 0 Å². The Morgan fingerprint density at radius 3 is 2.89 bits per heavy atom. The summed E-state index contributed by atoms with van der Waals surface area (Å²) in [5.74, 6) is 0.244. The predicted molar refractivity (Wildman–Crippen MR) is 68.2 cm³/mol. The van der Waals surface area contributed by atoms with Crippen molar-refractivity contribution < 1.29 is 4.79 Å². The third kappa shape index (κ3) is 2.04. The largest absolute Gasteiger partial charge is 0.299 e. The van der Waals surface area contributed by atoms with Crippen LogP contribution in [0, 0.1) is 0 Å². The van der Waals surface area contributed by atoms with Crippen molar-refractivity contribution in [1.82, 2.24) is 9.97 Å². The number of hydrogen-bond acceptors (Lipinski definition) is 3. The molecule has 0 spiro atoms. The number of carbonyl (C=O) groups is 1. The number of aryl methyl sites for hydroxylation is 1. The molecule has 1 aliphatic carbocycles. The molecule has 0 amide bonds. The number of Topliss-reactive ketones (excluding diaryl/α,β-unsaturated/α-hetero) is 1. The monoisotopic (exact) mass is 238 g/mol. The van der Waals surface area contributed by atoms with Gasteiger partial charge in [-0.2, -0.15) is 0 Å². The fourth-order valence-electron chi connectivity index (χ4n) is 2.55. The Kier molecular flexibility index (Phi) is 2.89.